The Morgan fingerprint density at radius 3 is 1.97 bits per heavy atom. The lowest BCUT2D eigenvalue weighted by atomic mass is 9.90. The molecule has 0 aliphatic carbocycles. The minimum atomic E-state index is -3.79. The SMILES string of the molecule is CCC(C)(C)c1nc2cc(S(=O)(=O)c3ccc4oc(-c5ccc(C(C)C)cc5)nc4c3)ccc2o1. The maximum atomic E-state index is 13.4. The van der Waals surface area contributed by atoms with Crippen LogP contribution in [0.4, 0.5) is 0 Å². The average Bonchev–Trinajstić information content (AvgIpc) is 3.48. The molecule has 0 radical (unpaired) electrons. The Hall–Kier alpha value is -3.45. The summed E-state index contributed by atoms with van der Waals surface area (Å²) in [7, 11) is -3.79. The molecule has 0 spiro atoms. The number of sulfone groups is 1. The first-order valence-corrected chi connectivity index (χ1v) is 13.2. The summed E-state index contributed by atoms with van der Waals surface area (Å²) in [4.78, 5) is 9.43. The summed E-state index contributed by atoms with van der Waals surface area (Å²) in [6, 6.07) is 17.6. The Balaban J connectivity index is 1.51. The van der Waals surface area contributed by atoms with E-state index in [9.17, 15) is 8.42 Å². The quantitative estimate of drug-likeness (QED) is 0.250. The highest BCUT2D eigenvalue weighted by molar-refractivity contribution is 7.91. The van der Waals surface area contributed by atoms with Gasteiger partial charge < -0.3 is 8.83 Å². The van der Waals surface area contributed by atoms with Gasteiger partial charge in [-0.15, -0.1) is 0 Å². The van der Waals surface area contributed by atoms with Gasteiger partial charge in [-0.2, -0.15) is 0 Å². The number of hydrogen-bond acceptors (Lipinski definition) is 6. The van der Waals surface area contributed by atoms with Crippen molar-refractivity contribution in [3.8, 4) is 11.5 Å². The number of hydrogen-bond donors (Lipinski definition) is 0. The molecule has 6 nitrogen and oxygen atoms in total. The minimum Gasteiger partial charge on any atom is -0.440 e. The van der Waals surface area contributed by atoms with Crippen molar-refractivity contribution in [2.75, 3.05) is 0 Å². The van der Waals surface area contributed by atoms with Gasteiger partial charge in [0.05, 0.1) is 9.79 Å². The van der Waals surface area contributed by atoms with E-state index in [2.05, 4.69) is 56.7 Å². The lowest BCUT2D eigenvalue weighted by molar-refractivity contribution is 0.374. The van der Waals surface area contributed by atoms with E-state index < -0.39 is 9.84 Å². The van der Waals surface area contributed by atoms with Crippen LogP contribution in [0.3, 0.4) is 0 Å². The molecule has 35 heavy (non-hydrogen) atoms. The molecule has 5 rings (SSSR count). The number of rotatable bonds is 6. The third-order valence-corrected chi connectivity index (χ3v) is 8.37. The lowest BCUT2D eigenvalue weighted by Gasteiger charge is -2.16. The molecule has 0 saturated carbocycles. The van der Waals surface area contributed by atoms with Crippen LogP contribution in [0.5, 0.6) is 0 Å². The van der Waals surface area contributed by atoms with Crippen LogP contribution in [0, 0.1) is 0 Å². The molecule has 0 amide bonds. The standard InChI is InChI=1S/C28H28N2O4S/c1-6-28(4,5)27-30-23-16-21(12-14-25(23)34-27)35(31,32)20-11-13-24-22(15-20)29-26(33-24)19-9-7-18(8-10-19)17(2)3/h7-17H,6H2,1-5H3. The zero-order valence-corrected chi connectivity index (χ0v) is 21.3. The maximum Gasteiger partial charge on any atom is 0.227 e. The molecule has 2 heterocycles. The first-order valence-electron chi connectivity index (χ1n) is 11.8. The fourth-order valence-electron chi connectivity index (χ4n) is 3.86. The highest BCUT2D eigenvalue weighted by Crippen LogP contribution is 2.32. The molecule has 0 bridgehead atoms. The van der Waals surface area contributed by atoms with Crippen molar-refractivity contribution in [1.29, 1.82) is 0 Å². The molecule has 0 N–H and O–H groups in total. The molecule has 0 unspecified atom stereocenters. The highest BCUT2D eigenvalue weighted by atomic mass is 32.2. The van der Waals surface area contributed by atoms with Gasteiger partial charge in [-0.25, -0.2) is 18.4 Å². The van der Waals surface area contributed by atoms with Crippen LogP contribution < -0.4 is 0 Å². The predicted molar refractivity (Wildman–Crippen MR) is 136 cm³/mol. The molecule has 7 heteroatoms. The summed E-state index contributed by atoms with van der Waals surface area (Å²) in [5.74, 6) is 1.49. The molecular weight excluding hydrogens is 460 g/mol. The van der Waals surface area contributed by atoms with Gasteiger partial charge in [0.15, 0.2) is 11.2 Å². The highest BCUT2D eigenvalue weighted by Gasteiger charge is 2.26. The molecule has 180 valence electrons. The van der Waals surface area contributed by atoms with Crippen LogP contribution in [0.2, 0.25) is 0 Å². The van der Waals surface area contributed by atoms with E-state index in [1.54, 1.807) is 36.4 Å². The van der Waals surface area contributed by atoms with E-state index in [0.717, 1.165) is 12.0 Å². The number of aromatic nitrogens is 2. The molecule has 0 saturated heterocycles. The zero-order valence-electron chi connectivity index (χ0n) is 20.5. The van der Waals surface area contributed by atoms with E-state index in [1.807, 2.05) is 12.1 Å². The average molecular weight is 489 g/mol. The normalized spacial score (nSPS) is 12.7. The van der Waals surface area contributed by atoms with Crippen molar-refractivity contribution in [3.05, 3.63) is 72.1 Å². The van der Waals surface area contributed by atoms with Gasteiger partial charge in [0.1, 0.15) is 11.0 Å². The van der Waals surface area contributed by atoms with Gasteiger partial charge in [0.2, 0.25) is 21.6 Å². The third kappa shape index (κ3) is 4.14. The third-order valence-electron chi connectivity index (χ3n) is 6.63. The Morgan fingerprint density at radius 2 is 1.40 bits per heavy atom. The molecule has 0 atom stereocenters. The van der Waals surface area contributed by atoms with Crippen molar-refractivity contribution in [1.82, 2.24) is 9.97 Å². The van der Waals surface area contributed by atoms with Gasteiger partial charge >= 0.3 is 0 Å². The number of nitrogens with zero attached hydrogens (tertiary/aromatic N) is 2. The second kappa shape index (κ2) is 8.34. The van der Waals surface area contributed by atoms with Crippen LogP contribution in [0.25, 0.3) is 33.7 Å². The second-order valence-corrected chi connectivity index (χ2v) is 11.8. The van der Waals surface area contributed by atoms with Crippen LogP contribution >= 0.6 is 0 Å². The van der Waals surface area contributed by atoms with Crippen molar-refractivity contribution in [3.63, 3.8) is 0 Å². The van der Waals surface area contributed by atoms with E-state index in [-0.39, 0.29) is 15.2 Å². The fraction of sp³-hybridized carbons (Fsp3) is 0.286. The predicted octanol–water partition coefficient (Wildman–Crippen LogP) is 7.28. The molecule has 0 aliphatic rings. The Kier molecular flexibility index (Phi) is 5.55. The topological polar surface area (TPSA) is 86.2 Å². The second-order valence-electron chi connectivity index (χ2n) is 9.81. The molecule has 3 aromatic carbocycles. The largest absolute Gasteiger partial charge is 0.440 e. The van der Waals surface area contributed by atoms with Crippen LogP contribution in [-0.4, -0.2) is 18.4 Å². The van der Waals surface area contributed by atoms with E-state index in [1.165, 1.54) is 5.56 Å². The summed E-state index contributed by atoms with van der Waals surface area (Å²) < 4.78 is 38.7. The zero-order chi connectivity index (χ0) is 25.0. The maximum absolute atomic E-state index is 13.4. The summed E-state index contributed by atoms with van der Waals surface area (Å²) in [5.41, 5.74) is 3.96. The molecule has 5 aromatic rings. The van der Waals surface area contributed by atoms with Gasteiger partial charge in [-0.3, -0.25) is 0 Å². The lowest BCUT2D eigenvalue weighted by Crippen LogP contribution is -2.15. The van der Waals surface area contributed by atoms with E-state index in [4.69, 9.17) is 8.83 Å². The Morgan fingerprint density at radius 1 is 0.829 bits per heavy atom. The number of fused-ring (bicyclic) bond motifs is 2. The minimum absolute atomic E-state index is 0.150. The summed E-state index contributed by atoms with van der Waals surface area (Å²) in [5, 5.41) is 0. The van der Waals surface area contributed by atoms with Crippen LogP contribution in [0.1, 0.15) is 58.4 Å². The summed E-state index contributed by atoms with van der Waals surface area (Å²) in [6.45, 7) is 10.4. The monoisotopic (exact) mass is 488 g/mol. The first kappa shape index (κ1) is 23.3. The summed E-state index contributed by atoms with van der Waals surface area (Å²) in [6.07, 6.45) is 0.854. The fourth-order valence-corrected chi connectivity index (χ4v) is 5.16. The van der Waals surface area contributed by atoms with Crippen LogP contribution in [-0.2, 0) is 15.3 Å². The molecule has 0 aliphatic heterocycles. The van der Waals surface area contributed by atoms with Gasteiger partial charge in [0, 0.05) is 11.0 Å². The molecular formula is C28H28N2O4S. The Bertz CT molecular complexity index is 1640. The smallest absolute Gasteiger partial charge is 0.227 e. The Labute approximate surface area is 204 Å². The van der Waals surface area contributed by atoms with Gasteiger partial charge in [0.25, 0.3) is 0 Å². The van der Waals surface area contributed by atoms with Crippen molar-refractivity contribution >= 4 is 32.0 Å². The van der Waals surface area contributed by atoms with Crippen molar-refractivity contribution in [2.45, 2.75) is 62.2 Å². The molecule has 2 aromatic heterocycles. The van der Waals surface area contributed by atoms with Gasteiger partial charge in [-0.1, -0.05) is 46.8 Å². The van der Waals surface area contributed by atoms with Crippen molar-refractivity contribution in [2.24, 2.45) is 0 Å². The van der Waals surface area contributed by atoms with Crippen LogP contribution in [0.15, 0.2) is 79.3 Å². The van der Waals surface area contributed by atoms with Crippen molar-refractivity contribution < 1.29 is 17.3 Å². The van der Waals surface area contributed by atoms with Gasteiger partial charge in [-0.05, 0) is 66.4 Å². The molecule has 0 fully saturated rings. The van der Waals surface area contributed by atoms with E-state index >= 15 is 0 Å². The first-order chi connectivity index (χ1) is 16.6. The number of benzene rings is 3. The number of oxazole rings is 2. The van der Waals surface area contributed by atoms with E-state index in [0.29, 0.717) is 39.9 Å². The summed E-state index contributed by atoms with van der Waals surface area (Å²) >= 11 is 0.